The molecule has 5 nitrogen and oxygen atoms in total. The number of ether oxygens (including phenoxy) is 1. The van der Waals surface area contributed by atoms with E-state index in [1.165, 1.54) is 16.3 Å². The third-order valence-electron chi connectivity index (χ3n) is 5.99. The van der Waals surface area contributed by atoms with Crippen molar-refractivity contribution in [3.05, 3.63) is 48.0 Å². The van der Waals surface area contributed by atoms with E-state index in [9.17, 15) is 5.11 Å². The van der Waals surface area contributed by atoms with Crippen LogP contribution in [0, 0.1) is 11.8 Å². The van der Waals surface area contributed by atoms with Crippen molar-refractivity contribution in [2.24, 2.45) is 11.8 Å². The fourth-order valence-corrected chi connectivity index (χ4v) is 4.49. The number of methoxy groups -OCH3 is 1. The number of likely N-dealkylation sites (tertiary alicyclic amines) is 1. The lowest BCUT2D eigenvalue weighted by Crippen LogP contribution is -2.33. The van der Waals surface area contributed by atoms with E-state index >= 15 is 0 Å². The molecule has 2 aromatic carbocycles. The Hall–Kier alpha value is -1.92. The first kappa shape index (κ1) is 19.4. The largest absolute Gasteiger partial charge is 0.456 e. The molecule has 150 valence electrons. The molecule has 28 heavy (non-hydrogen) atoms. The molecule has 1 saturated heterocycles. The highest BCUT2D eigenvalue weighted by atomic mass is 16.5. The molecule has 3 aromatic rings. The van der Waals surface area contributed by atoms with Crippen LogP contribution in [0.4, 0.5) is 0 Å². The molecule has 0 amide bonds. The molecule has 1 aliphatic heterocycles. The lowest BCUT2D eigenvalue weighted by atomic mass is 9.96. The molecule has 0 spiro atoms. The third kappa shape index (κ3) is 3.94. The molecule has 2 heterocycles. The molecule has 5 heteroatoms. The summed E-state index contributed by atoms with van der Waals surface area (Å²) in [7, 11) is 3.87. The van der Waals surface area contributed by atoms with E-state index in [1.54, 1.807) is 7.11 Å². The zero-order chi connectivity index (χ0) is 19.5. The number of furan rings is 1. The van der Waals surface area contributed by atoms with E-state index in [0.717, 1.165) is 50.5 Å². The molecule has 4 rings (SSSR count). The smallest absolute Gasteiger partial charge is 0.139 e. The predicted molar refractivity (Wildman–Crippen MR) is 112 cm³/mol. The van der Waals surface area contributed by atoms with Crippen molar-refractivity contribution in [2.75, 3.05) is 53.6 Å². The summed E-state index contributed by atoms with van der Waals surface area (Å²) in [6, 6.07) is 14.6. The lowest BCUT2D eigenvalue weighted by Gasteiger charge is -2.23. The average Bonchev–Trinajstić information content (AvgIpc) is 3.28. The third-order valence-corrected chi connectivity index (χ3v) is 5.99. The van der Waals surface area contributed by atoms with Crippen molar-refractivity contribution in [3.63, 3.8) is 0 Å². The van der Waals surface area contributed by atoms with E-state index in [0.29, 0.717) is 11.8 Å². The van der Waals surface area contributed by atoms with Gasteiger partial charge in [0.05, 0.1) is 6.61 Å². The Labute approximate surface area is 166 Å². The van der Waals surface area contributed by atoms with Crippen molar-refractivity contribution in [1.29, 1.82) is 0 Å². The van der Waals surface area contributed by atoms with Gasteiger partial charge in [0.1, 0.15) is 11.2 Å². The van der Waals surface area contributed by atoms with Gasteiger partial charge in [0, 0.05) is 62.8 Å². The highest BCUT2D eigenvalue weighted by Crippen LogP contribution is 2.32. The van der Waals surface area contributed by atoms with E-state index < -0.39 is 0 Å². The lowest BCUT2D eigenvalue weighted by molar-refractivity contribution is 0.136. The Balaban J connectivity index is 1.50. The minimum atomic E-state index is 0.244. The van der Waals surface area contributed by atoms with Gasteiger partial charge in [-0.3, -0.25) is 4.90 Å². The number of hydrogen-bond donors (Lipinski definition) is 1. The monoisotopic (exact) mass is 382 g/mol. The predicted octanol–water partition coefficient (Wildman–Crippen LogP) is 3.20. The van der Waals surface area contributed by atoms with Crippen LogP contribution >= 0.6 is 0 Å². The number of hydrogen-bond acceptors (Lipinski definition) is 5. The summed E-state index contributed by atoms with van der Waals surface area (Å²) < 4.78 is 11.4. The fraction of sp³-hybridized carbons (Fsp3) is 0.478. The number of rotatable bonds is 8. The van der Waals surface area contributed by atoms with E-state index in [1.807, 2.05) is 12.1 Å². The van der Waals surface area contributed by atoms with Crippen LogP contribution in [0.1, 0.15) is 5.56 Å². The van der Waals surface area contributed by atoms with Gasteiger partial charge in [-0.2, -0.15) is 0 Å². The number of nitrogens with zero attached hydrogens (tertiary/aromatic N) is 2. The summed E-state index contributed by atoms with van der Waals surface area (Å²) in [5, 5.41) is 12.2. The Kier molecular flexibility index (Phi) is 5.97. The van der Waals surface area contributed by atoms with Crippen LogP contribution < -0.4 is 0 Å². The van der Waals surface area contributed by atoms with E-state index in [4.69, 9.17) is 9.15 Å². The van der Waals surface area contributed by atoms with Crippen molar-refractivity contribution in [3.8, 4) is 0 Å². The Morgan fingerprint density at radius 3 is 2.71 bits per heavy atom. The van der Waals surface area contributed by atoms with Gasteiger partial charge >= 0.3 is 0 Å². The average molecular weight is 383 g/mol. The van der Waals surface area contributed by atoms with Crippen LogP contribution in [-0.4, -0.2) is 68.5 Å². The first-order valence-electron chi connectivity index (χ1n) is 10.1. The summed E-state index contributed by atoms with van der Waals surface area (Å²) >= 11 is 0. The zero-order valence-electron chi connectivity index (χ0n) is 16.8. The van der Waals surface area contributed by atoms with Gasteiger partial charge in [-0.25, -0.2) is 0 Å². The maximum absolute atomic E-state index is 9.89. The number of aliphatic hydroxyl groups excluding tert-OH is 1. The molecule has 2 atom stereocenters. The number of benzene rings is 2. The second kappa shape index (κ2) is 8.62. The minimum Gasteiger partial charge on any atom is -0.456 e. The Morgan fingerprint density at radius 2 is 1.89 bits per heavy atom. The number of aliphatic hydroxyl groups is 1. The van der Waals surface area contributed by atoms with Crippen LogP contribution in [0.5, 0.6) is 0 Å². The Bertz CT molecular complexity index is 922. The SMILES string of the molecule is COCCN(C)C[C@@H]1CN(Cc2cccc3c2oc2ccccc23)C[C@@H]1CO. The standard InChI is InChI=1S/C23H30N2O3/c1-24(10-11-27-2)12-18-14-25(15-19(18)16-26)13-17-6-5-8-21-20-7-3-4-9-22(20)28-23(17)21/h3-9,18-19,26H,10-16H2,1-2H3/t18-,19-/m1/s1. The highest BCUT2D eigenvalue weighted by molar-refractivity contribution is 6.05. The van der Waals surface area contributed by atoms with Crippen LogP contribution in [0.15, 0.2) is 46.9 Å². The Morgan fingerprint density at radius 1 is 1.11 bits per heavy atom. The van der Waals surface area contributed by atoms with Crippen molar-refractivity contribution >= 4 is 21.9 Å². The fourth-order valence-electron chi connectivity index (χ4n) is 4.49. The normalized spacial score (nSPS) is 20.7. The van der Waals surface area contributed by atoms with Gasteiger partial charge in [-0.05, 0) is 24.9 Å². The molecule has 0 saturated carbocycles. The topological polar surface area (TPSA) is 49.1 Å². The first-order valence-corrected chi connectivity index (χ1v) is 10.1. The van der Waals surface area contributed by atoms with Crippen LogP contribution in [0.2, 0.25) is 0 Å². The minimum absolute atomic E-state index is 0.244. The number of likely N-dealkylation sites (N-methyl/N-ethyl adjacent to an activating group) is 1. The van der Waals surface area contributed by atoms with E-state index in [2.05, 4.69) is 47.2 Å². The van der Waals surface area contributed by atoms with Crippen molar-refractivity contribution < 1.29 is 14.3 Å². The molecule has 1 aliphatic rings. The maximum atomic E-state index is 9.89. The second-order valence-corrected chi connectivity index (χ2v) is 8.04. The summed E-state index contributed by atoms with van der Waals surface area (Å²) in [4.78, 5) is 4.76. The summed E-state index contributed by atoms with van der Waals surface area (Å²) in [6.45, 7) is 5.67. The van der Waals surface area contributed by atoms with Crippen molar-refractivity contribution in [2.45, 2.75) is 6.54 Å². The van der Waals surface area contributed by atoms with E-state index in [-0.39, 0.29) is 6.61 Å². The summed E-state index contributed by atoms with van der Waals surface area (Å²) in [5.41, 5.74) is 3.15. The number of para-hydroxylation sites is 2. The maximum Gasteiger partial charge on any atom is 0.139 e. The second-order valence-electron chi connectivity index (χ2n) is 8.04. The molecular weight excluding hydrogens is 352 g/mol. The van der Waals surface area contributed by atoms with Gasteiger partial charge in [-0.1, -0.05) is 36.4 Å². The van der Waals surface area contributed by atoms with Crippen LogP contribution in [0.3, 0.4) is 0 Å². The quantitative estimate of drug-likeness (QED) is 0.648. The molecule has 0 radical (unpaired) electrons. The van der Waals surface area contributed by atoms with Gasteiger partial charge in [0.25, 0.3) is 0 Å². The van der Waals surface area contributed by atoms with Crippen molar-refractivity contribution in [1.82, 2.24) is 9.80 Å². The number of fused-ring (bicyclic) bond motifs is 3. The van der Waals surface area contributed by atoms with Crippen LogP contribution in [-0.2, 0) is 11.3 Å². The molecule has 0 bridgehead atoms. The highest BCUT2D eigenvalue weighted by Gasteiger charge is 2.33. The van der Waals surface area contributed by atoms with Gasteiger partial charge in [-0.15, -0.1) is 0 Å². The van der Waals surface area contributed by atoms with Crippen LogP contribution in [0.25, 0.3) is 21.9 Å². The summed E-state index contributed by atoms with van der Waals surface area (Å²) in [5.74, 6) is 0.793. The molecule has 1 fully saturated rings. The summed E-state index contributed by atoms with van der Waals surface area (Å²) in [6.07, 6.45) is 0. The molecule has 1 N–H and O–H groups in total. The molecular formula is C23H30N2O3. The van der Waals surface area contributed by atoms with Gasteiger partial charge in [0.2, 0.25) is 0 Å². The molecule has 0 aliphatic carbocycles. The van der Waals surface area contributed by atoms with Gasteiger partial charge in [0.15, 0.2) is 0 Å². The molecule has 1 aromatic heterocycles. The molecule has 0 unspecified atom stereocenters. The van der Waals surface area contributed by atoms with Gasteiger partial charge < -0.3 is 19.2 Å². The zero-order valence-corrected chi connectivity index (χ0v) is 16.8. The first-order chi connectivity index (χ1) is 13.7.